The Morgan fingerprint density at radius 2 is 1.95 bits per heavy atom. The summed E-state index contributed by atoms with van der Waals surface area (Å²) in [6, 6.07) is 0. The summed E-state index contributed by atoms with van der Waals surface area (Å²) in [5.41, 5.74) is 4.18. The Balaban J connectivity index is 2.47. The summed E-state index contributed by atoms with van der Waals surface area (Å²) in [7, 11) is 1.93. The van der Waals surface area contributed by atoms with Crippen LogP contribution in [-0.2, 0) is 7.05 Å². The minimum Gasteiger partial charge on any atom is -0.370 e. The van der Waals surface area contributed by atoms with Crippen LogP contribution in [0.1, 0.15) is 30.3 Å². The molecule has 0 atom stereocenters. The van der Waals surface area contributed by atoms with Gasteiger partial charge in [-0.05, 0) is 27.2 Å². The Hall–Kier alpha value is -1.91. The van der Waals surface area contributed by atoms with E-state index in [1.807, 2.05) is 38.7 Å². The lowest BCUT2D eigenvalue weighted by atomic mass is 10.2. The molecule has 0 fully saturated rings. The van der Waals surface area contributed by atoms with E-state index in [2.05, 4.69) is 27.3 Å². The Bertz CT molecular complexity index is 586. The van der Waals surface area contributed by atoms with Gasteiger partial charge in [0.2, 0.25) is 0 Å². The number of hydrogen-bond donors (Lipinski definition) is 1. The van der Waals surface area contributed by atoms with Crippen molar-refractivity contribution in [3.05, 3.63) is 23.1 Å². The molecule has 0 unspecified atom stereocenters. The Morgan fingerprint density at radius 3 is 2.53 bits per heavy atom. The first-order valence-corrected chi connectivity index (χ1v) is 6.62. The van der Waals surface area contributed by atoms with Gasteiger partial charge in [-0.15, -0.1) is 0 Å². The van der Waals surface area contributed by atoms with Crippen molar-refractivity contribution in [1.82, 2.24) is 19.7 Å². The van der Waals surface area contributed by atoms with Crippen LogP contribution in [-0.4, -0.2) is 26.3 Å². The van der Waals surface area contributed by atoms with E-state index in [0.717, 1.165) is 47.1 Å². The van der Waals surface area contributed by atoms with Gasteiger partial charge in [0, 0.05) is 30.5 Å². The third kappa shape index (κ3) is 2.59. The fourth-order valence-electron chi connectivity index (χ4n) is 1.88. The topological polar surface area (TPSA) is 55.6 Å². The summed E-state index contributed by atoms with van der Waals surface area (Å²) in [6.07, 6.45) is 2.90. The average Bonchev–Trinajstić information content (AvgIpc) is 2.72. The molecule has 0 radical (unpaired) electrons. The molecule has 0 saturated heterocycles. The van der Waals surface area contributed by atoms with Gasteiger partial charge in [0.15, 0.2) is 5.82 Å². The van der Waals surface area contributed by atoms with Gasteiger partial charge >= 0.3 is 0 Å². The lowest BCUT2D eigenvalue weighted by Gasteiger charge is -2.11. The highest BCUT2D eigenvalue weighted by atomic mass is 15.3. The molecule has 1 N–H and O–H groups in total. The number of rotatable bonds is 4. The normalized spacial score (nSPS) is 10.8. The van der Waals surface area contributed by atoms with Crippen LogP contribution in [0.25, 0.3) is 11.4 Å². The number of aryl methyl sites for hydroxylation is 2. The van der Waals surface area contributed by atoms with Crippen LogP contribution in [0, 0.1) is 20.8 Å². The predicted octanol–water partition coefficient (Wildman–Crippen LogP) is 2.62. The maximum Gasteiger partial charge on any atom is 0.165 e. The van der Waals surface area contributed by atoms with Crippen LogP contribution < -0.4 is 5.32 Å². The zero-order valence-electron chi connectivity index (χ0n) is 12.3. The number of nitrogens with one attached hydrogen (secondary N) is 1. The molecule has 102 valence electrons. The second kappa shape index (κ2) is 5.38. The summed E-state index contributed by atoms with van der Waals surface area (Å²) in [6.45, 7) is 9.15. The largest absolute Gasteiger partial charge is 0.370 e. The van der Waals surface area contributed by atoms with Gasteiger partial charge in [0.25, 0.3) is 0 Å². The number of hydrogen-bond acceptors (Lipinski definition) is 4. The van der Waals surface area contributed by atoms with Crippen LogP contribution in [0.5, 0.6) is 0 Å². The van der Waals surface area contributed by atoms with Crippen molar-refractivity contribution in [3.63, 3.8) is 0 Å². The summed E-state index contributed by atoms with van der Waals surface area (Å²) < 4.78 is 1.84. The molecule has 0 aliphatic carbocycles. The zero-order valence-corrected chi connectivity index (χ0v) is 12.3. The SMILES string of the molecule is CCCNc1nc(-c2cnn(C)c2C)nc(C)c1C. The van der Waals surface area contributed by atoms with Crippen LogP contribution in [0.3, 0.4) is 0 Å². The molecule has 2 aromatic heterocycles. The van der Waals surface area contributed by atoms with E-state index in [9.17, 15) is 0 Å². The van der Waals surface area contributed by atoms with E-state index in [-0.39, 0.29) is 0 Å². The zero-order chi connectivity index (χ0) is 14.0. The van der Waals surface area contributed by atoms with Crippen molar-refractivity contribution in [2.24, 2.45) is 7.05 Å². The maximum atomic E-state index is 4.64. The molecule has 0 saturated carbocycles. The molecule has 0 aromatic carbocycles. The van der Waals surface area contributed by atoms with Crippen LogP contribution in [0.15, 0.2) is 6.20 Å². The van der Waals surface area contributed by atoms with E-state index in [1.165, 1.54) is 0 Å². The first kappa shape index (κ1) is 13.5. The minimum absolute atomic E-state index is 0.743. The molecule has 2 heterocycles. The summed E-state index contributed by atoms with van der Waals surface area (Å²) in [5, 5.41) is 7.61. The Kier molecular flexibility index (Phi) is 3.83. The highest BCUT2D eigenvalue weighted by Crippen LogP contribution is 2.23. The molecule has 5 heteroatoms. The summed E-state index contributed by atoms with van der Waals surface area (Å²) >= 11 is 0. The molecule has 0 bridgehead atoms. The van der Waals surface area contributed by atoms with Crippen molar-refractivity contribution >= 4 is 5.82 Å². The molecule has 0 amide bonds. The lowest BCUT2D eigenvalue weighted by molar-refractivity contribution is 0.740. The highest BCUT2D eigenvalue weighted by Gasteiger charge is 2.13. The second-order valence-electron chi connectivity index (χ2n) is 4.80. The van der Waals surface area contributed by atoms with Crippen molar-refractivity contribution in [2.45, 2.75) is 34.1 Å². The van der Waals surface area contributed by atoms with Gasteiger partial charge in [-0.25, -0.2) is 9.97 Å². The first-order valence-electron chi connectivity index (χ1n) is 6.62. The van der Waals surface area contributed by atoms with Crippen LogP contribution >= 0.6 is 0 Å². The molecule has 0 aliphatic rings. The standard InChI is InChI=1S/C14H21N5/c1-6-7-15-13-9(2)10(3)17-14(18-13)12-8-16-19(5)11(12)4/h8H,6-7H2,1-5H3,(H,15,17,18). The molecule has 2 aromatic rings. The fourth-order valence-corrected chi connectivity index (χ4v) is 1.88. The number of nitrogens with zero attached hydrogens (tertiary/aromatic N) is 4. The smallest absolute Gasteiger partial charge is 0.165 e. The fraction of sp³-hybridized carbons (Fsp3) is 0.500. The average molecular weight is 259 g/mol. The quantitative estimate of drug-likeness (QED) is 0.917. The number of aromatic nitrogens is 4. The Labute approximate surface area is 114 Å². The van der Waals surface area contributed by atoms with Gasteiger partial charge in [0.1, 0.15) is 5.82 Å². The van der Waals surface area contributed by atoms with E-state index < -0.39 is 0 Å². The van der Waals surface area contributed by atoms with Crippen molar-refractivity contribution in [2.75, 3.05) is 11.9 Å². The third-order valence-corrected chi connectivity index (χ3v) is 3.41. The predicted molar refractivity (Wildman–Crippen MR) is 77.2 cm³/mol. The van der Waals surface area contributed by atoms with E-state index in [4.69, 9.17) is 0 Å². The molecular weight excluding hydrogens is 238 g/mol. The van der Waals surface area contributed by atoms with E-state index >= 15 is 0 Å². The minimum atomic E-state index is 0.743. The van der Waals surface area contributed by atoms with E-state index in [0.29, 0.717) is 0 Å². The van der Waals surface area contributed by atoms with Crippen LogP contribution in [0.2, 0.25) is 0 Å². The van der Waals surface area contributed by atoms with Gasteiger partial charge in [0.05, 0.1) is 11.8 Å². The first-order chi connectivity index (χ1) is 9.04. The van der Waals surface area contributed by atoms with Crippen LogP contribution in [0.4, 0.5) is 5.82 Å². The lowest BCUT2D eigenvalue weighted by Crippen LogP contribution is -2.07. The maximum absolute atomic E-state index is 4.64. The Morgan fingerprint density at radius 1 is 1.21 bits per heavy atom. The summed E-state index contributed by atoms with van der Waals surface area (Å²) in [5.74, 6) is 1.67. The van der Waals surface area contributed by atoms with Crippen molar-refractivity contribution < 1.29 is 0 Å². The van der Waals surface area contributed by atoms with Crippen molar-refractivity contribution in [3.8, 4) is 11.4 Å². The van der Waals surface area contributed by atoms with Gasteiger partial charge in [-0.3, -0.25) is 4.68 Å². The van der Waals surface area contributed by atoms with Crippen molar-refractivity contribution in [1.29, 1.82) is 0 Å². The highest BCUT2D eigenvalue weighted by molar-refractivity contribution is 5.61. The molecule has 5 nitrogen and oxygen atoms in total. The molecule has 0 spiro atoms. The monoisotopic (exact) mass is 259 g/mol. The molecule has 0 aliphatic heterocycles. The van der Waals surface area contributed by atoms with Gasteiger partial charge < -0.3 is 5.32 Å². The van der Waals surface area contributed by atoms with E-state index in [1.54, 1.807) is 0 Å². The van der Waals surface area contributed by atoms with Gasteiger partial charge in [-0.1, -0.05) is 6.92 Å². The molecular formula is C14H21N5. The number of anilines is 1. The summed E-state index contributed by atoms with van der Waals surface area (Å²) in [4.78, 5) is 9.22. The molecule has 19 heavy (non-hydrogen) atoms. The molecule has 2 rings (SSSR count). The second-order valence-corrected chi connectivity index (χ2v) is 4.80. The third-order valence-electron chi connectivity index (χ3n) is 3.41. The van der Waals surface area contributed by atoms with Gasteiger partial charge in [-0.2, -0.15) is 5.10 Å².